The number of carbonyl (C=O) groups is 2. The van der Waals surface area contributed by atoms with Crippen molar-refractivity contribution in [3.8, 4) is 22.8 Å². The van der Waals surface area contributed by atoms with Crippen molar-refractivity contribution in [3.63, 3.8) is 0 Å². The molecular formula is C13H9ClFNO6. The number of carbonyl (C=O) groups excluding carboxylic acids is 1. The number of anilines is 1. The monoisotopic (exact) mass is 329 g/mol. The molecule has 0 fully saturated rings. The van der Waals surface area contributed by atoms with E-state index in [1.165, 1.54) is 18.2 Å². The molecule has 1 aromatic carbocycles. The largest absolute Gasteiger partial charge is 0.502 e. The fourth-order valence-electron chi connectivity index (χ4n) is 1.69. The highest BCUT2D eigenvalue weighted by Gasteiger charge is 2.27. The zero-order valence-corrected chi connectivity index (χ0v) is 11.8. The number of hydrogen-bond donors (Lipinski definition) is 3. The molecule has 0 unspecified atom stereocenters. The average Bonchev–Trinajstić information content (AvgIpc) is 2.70. The van der Waals surface area contributed by atoms with Gasteiger partial charge in [-0.25, -0.2) is 9.18 Å². The van der Waals surface area contributed by atoms with Gasteiger partial charge in [-0.3, -0.25) is 10.1 Å². The molecule has 116 valence electrons. The molecule has 0 bridgehead atoms. The van der Waals surface area contributed by atoms with E-state index in [0.29, 0.717) is 0 Å². The maximum absolute atomic E-state index is 14.0. The predicted octanol–water partition coefficient (Wildman–Crippen LogP) is 3.46. The highest BCUT2D eigenvalue weighted by atomic mass is 35.5. The molecule has 0 atom stereocenters. The Morgan fingerprint density at radius 3 is 2.68 bits per heavy atom. The number of hydrogen-bond acceptors (Lipinski definition) is 5. The van der Waals surface area contributed by atoms with Crippen LogP contribution in [0.2, 0.25) is 5.02 Å². The van der Waals surface area contributed by atoms with E-state index in [-0.39, 0.29) is 10.6 Å². The summed E-state index contributed by atoms with van der Waals surface area (Å²) in [5.41, 5.74) is -0.225. The molecule has 1 amide bonds. The second-order valence-corrected chi connectivity index (χ2v) is 4.47. The molecule has 3 N–H and O–H groups in total. The van der Waals surface area contributed by atoms with E-state index < -0.39 is 41.0 Å². The first kappa shape index (κ1) is 15.6. The highest BCUT2D eigenvalue weighted by molar-refractivity contribution is 6.31. The van der Waals surface area contributed by atoms with E-state index >= 15 is 0 Å². The topological polar surface area (TPSA) is 109 Å². The molecule has 0 saturated carbocycles. The number of amides is 1. The number of ether oxygens (including phenoxy) is 1. The van der Waals surface area contributed by atoms with Crippen LogP contribution in [-0.2, 0) is 4.79 Å². The third kappa shape index (κ3) is 2.96. The summed E-state index contributed by atoms with van der Waals surface area (Å²) in [5, 5.41) is 20.3. The Morgan fingerprint density at radius 1 is 1.41 bits per heavy atom. The molecule has 0 radical (unpaired) electrons. The number of rotatable bonds is 3. The molecule has 0 aliphatic carbocycles. The minimum atomic E-state index is -1.53. The zero-order chi connectivity index (χ0) is 16.4. The average molecular weight is 330 g/mol. The van der Waals surface area contributed by atoms with Gasteiger partial charge in [-0.2, -0.15) is 0 Å². The molecule has 1 aromatic heterocycles. The minimum Gasteiger partial charge on any atom is -0.502 e. The normalized spacial score (nSPS) is 10.3. The van der Waals surface area contributed by atoms with Gasteiger partial charge in [0, 0.05) is 6.92 Å². The van der Waals surface area contributed by atoms with Gasteiger partial charge >= 0.3 is 12.1 Å². The van der Waals surface area contributed by atoms with Crippen molar-refractivity contribution in [2.75, 3.05) is 5.32 Å². The highest BCUT2D eigenvalue weighted by Crippen LogP contribution is 2.47. The van der Waals surface area contributed by atoms with Gasteiger partial charge in [0.1, 0.15) is 0 Å². The summed E-state index contributed by atoms with van der Waals surface area (Å²) in [7, 11) is 0. The third-order valence-corrected chi connectivity index (χ3v) is 2.79. The maximum atomic E-state index is 14.0. The number of nitrogens with one attached hydrogen (secondary N) is 1. The van der Waals surface area contributed by atoms with Gasteiger partial charge in [0.2, 0.25) is 11.5 Å². The van der Waals surface area contributed by atoms with Crippen molar-refractivity contribution in [1.29, 1.82) is 0 Å². The Hall–Kier alpha value is -2.74. The second-order valence-electron chi connectivity index (χ2n) is 4.06. The lowest BCUT2D eigenvalue weighted by Gasteiger charge is -2.02. The smallest absolute Gasteiger partial charge is 0.411 e. The summed E-state index contributed by atoms with van der Waals surface area (Å²) < 4.78 is 23.7. The molecule has 0 aliphatic heterocycles. The number of benzene rings is 1. The lowest BCUT2D eigenvalue weighted by molar-refractivity contribution is -0.132. The molecule has 2 rings (SSSR count). The van der Waals surface area contributed by atoms with Crippen LogP contribution in [0.4, 0.5) is 15.1 Å². The molecule has 9 heteroatoms. The molecule has 7 nitrogen and oxygen atoms in total. The van der Waals surface area contributed by atoms with Crippen molar-refractivity contribution in [2.24, 2.45) is 0 Å². The van der Waals surface area contributed by atoms with Crippen LogP contribution >= 0.6 is 11.6 Å². The van der Waals surface area contributed by atoms with Crippen LogP contribution in [0.15, 0.2) is 22.6 Å². The Balaban J connectivity index is 2.62. The van der Waals surface area contributed by atoms with Crippen molar-refractivity contribution in [3.05, 3.63) is 29.0 Å². The minimum absolute atomic E-state index is 0.225. The molecule has 0 aliphatic rings. The summed E-state index contributed by atoms with van der Waals surface area (Å²) in [4.78, 5) is 21.7. The van der Waals surface area contributed by atoms with Crippen molar-refractivity contribution < 1.29 is 33.3 Å². The number of carboxylic acid groups (broad SMARTS) is 1. The van der Waals surface area contributed by atoms with Crippen LogP contribution in [0.3, 0.4) is 0 Å². The quantitative estimate of drug-likeness (QED) is 0.744. The number of aromatic hydroxyl groups is 1. The van der Waals surface area contributed by atoms with E-state index in [0.717, 1.165) is 6.92 Å². The molecule has 0 saturated heterocycles. The van der Waals surface area contributed by atoms with Crippen molar-refractivity contribution in [1.82, 2.24) is 0 Å². The Bertz CT molecular complexity index is 757. The first-order valence-electron chi connectivity index (χ1n) is 5.79. The molecule has 0 spiro atoms. The van der Waals surface area contributed by atoms with Crippen LogP contribution < -0.4 is 10.1 Å². The molecule has 2 aromatic rings. The summed E-state index contributed by atoms with van der Waals surface area (Å²) >= 11 is 5.64. The van der Waals surface area contributed by atoms with E-state index in [1.807, 2.05) is 0 Å². The first-order chi connectivity index (χ1) is 10.3. The van der Waals surface area contributed by atoms with Gasteiger partial charge in [-0.15, -0.1) is 0 Å². The van der Waals surface area contributed by atoms with E-state index in [1.54, 1.807) is 5.32 Å². The van der Waals surface area contributed by atoms with Gasteiger partial charge in [0.25, 0.3) is 5.88 Å². The standard InChI is InChI=1S/C13H9ClFNO6/c1-5(17)21-11-9(18)10(22-12(11)16-13(19)20)6-3-2-4-7(14)8(6)15/h2-4,16,18H,1H3,(H,19,20). The van der Waals surface area contributed by atoms with Crippen molar-refractivity contribution >= 4 is 29.5 Å². The van der Waals surface area contributed by atoms with Gasteiger partial charge in [-0.1, -0.05) is 17.7 Å². The second kappa shape index (κ2) is 5.94. The lowest BCUT2D eigenvalue weighted by Crippen LogP contribution is -2.09. The molecule has 1 heterocycles. The van der Waals surface area contributed by atoms with Crippen LogP contribution in [0.25, 0.3) is 11.3 Å². The molecular weight excluding hydrogens is 321 g/mol. The van der Waals surface area contributed by atoms with Gasteiger partial charge in [0.05, 0.1) is 10.6 Å². The van der Waals surface area contributed by atoms with Crippen LogP contribution in [0, 0.1) is 5.82 Å². The van der Waals surface area contributed by atoms with Crippen LogP contribution in [0.5, 0.6) is 11.5 Å². The SMILES string of the molecule is CC(=O)Oc1c(NC(=O)O)oc(-c2cccc(Cl)c2F)c1O. The third-order valence-electron chi connectivity index (χ3n) is 2.50. The van der Waals surface area contributed by atoms with Gasteiger partial charge < -0.3 is 19.4 Å². The number of esters is 1. The van der Waals surface area contributed by atoms with E-state index in [4.69, 9.17) is 21.1 Å². The Kier molecular flexibility index (Phi) is 4.22. The summed E-state index contributed by atoms with van der Waals surface area (Å²) in [5.74, 6) is -4.01. The van der Waals surface area contributed by atoms with Crippen molar-refractivity contribution in [2.45, 2.75) is 6.92 Å². The fourth-order valence-corrected chi connectivity index (χ4v) is 1.86. The zero-order valence-electron chi connectivity index (χ0n) is 11.0. The molecule has 22 heavy (non-hydrogen) atoms. The number of furan rings is 1. The maximum Gasteiger partial charge on any atom is 0.411 e. The fraction of sp³-hybridized carbons (Fsp3) is 0.0769. The van der Waals surface area contributed by atoms with Crippen LogP contribution in [0.1, 0.15) is 6.92 Å². The summed E-state index contributed by atoms with van der Waals surface area (Å²) in [6, 6.07) is 3.93. The van der Waals surface area contributed by atoms with Gasteiger partial charge in [-0.05, 0) is 12.1 Å². The summed E-state index contributed by atoms with van der Waals surface area (Å²) in [6.07, 6.45) is -1.53. The number of halogens is 2. The van der Waals surface area contributed by atoms with Crippen LogP contribution in [-0.4, -0.2) is 22.3 Å². The lowest BCUT2D eigenvalue weighted by atomic mass is 10.1. The van der Waals surface area contributed by atoms with E-state index in [2.05, 4.69) is 4.74 Å². The van der Waals surface area contributed by atoms with Gasteiger partial charge in [0.15, 0.2) is 11.6 Å². The Morgan fingerprint density at radius 2 is 2.09 bits per heavy atom. The van der Waals surface area contributed by atoms with E-state index in [9.17, 15) is 19.1 Å². The Labute approximate surface area is 127 Å². The predicted molar refractivity (Wildman–Crippen MR) is 73.7 cm³/mol. The first-order valence-corrected chi connectivity index (χ1v) is 6.17. The summed E-state index contributed by atoms with van der Waals surface area (Å²) in [6.45, 7) is 1.04.